The normalized spacial score (nSPS) is 15.7. The summed E-state index contributed by atoms with van der Waals surface area (Å²) in [6.07, 6.45) is 6.83. The highest BCUT2D eigenvalue weighted by Crippen LogP contribution is 2.24. The van der Waals surface area contributed by atoms with Crippen LogP contribution in [0.1, 0.15) is 25.0 Å². The maximum absolute atomic E-state index is 6.21. The van der Waals surface area contributed by atoms with Crippen molar-refractivity contribution in [3.8, 4) is 5.69 Å². The van der Waals surface area contributed by atoms with Crippen molar-refractivity contribution in [3.63, 3.8) is 0 Å². The first-order valence-electron chi connectivity index (χ1n) is 7.45. The van der Waals surface area contributed by atoms with Crippen LogP contribution < -0.4 is 0 Å². The van der Waals surface area contributed by atoms with E-state index in [9.17, 15) is 0 Å². The molecule has 1 saturated heterocycles. The van der Waals surface area contributed by atoms with Crippen molar-refractivity contribution in [2.75, 3.05) is 19.6 Å². The average Bonchev–Trinajstić information content (AvgIpc) is 3.10. The minimum absolute atomic E-state index is 0.620. The Morgan fingerprint density at radius 3 is 2.67 bits per heavy atom. The lowest BCUT2D eigenvalue weighted by Gasteiger charge is -2.13. The molecule has 0 N–H and O–H groups in total. The summed E-state index contributed by atoms with van der Waals surface area (Å²) in [5, 5.41) is 5.87. The predicted molar refractivity (Wildman–Crippen MR) is 87.6 cm³/mol. The van der Waals surface area contributed by atoms with E-state index in [1.807, 2.05) is 23.0 Å². The van der Waals surface area contributed by atoms with Crippen molar-refractivity contribution < 1.29 is 0 Å². The number of benzene rings is 1. The third-order valence-electron chi connectivity index (χ3n) is 3.91. The summed E-state index contributed by atoms with van der Waals surface area (Å²) in [5.41, 5.74) is 1.98. The molecule has 0 atom stereocenters. The third kappa shape index (κ3) is 3.79. The van der Waals surface area contributed by atoms with Crippen LogP contribution in [0.4, 0.5) is 0 Å². The molecule has 1 aliphatic heterocycles. The quantitative estimate of drug-likeness (QED) is 0.821. The predicted octanol–water partition coefficient (Wildman–Crippen LogP) is 4.21. The Morgan fingerprint density at radius 2 is 1.90 bits per heavy atom. The van der Waals surface area contributed by atoms with Crippen LogP contribution in [-0.4, -0.2) is 34.3 Å². The molecule has 0 aliphatic carbocycles. The fourth-order valence-corrected chi connectivity index (χ4v) is 3.28. The van der Waals surface area contributed by atoms with Crippen molar-refractivity contribution in [2.24, 2.45) is 0 Å². The molecule has 112 valence electrons. The lowest BCUT2D eigenvalue weighted by atomic mass is 10.2. The number of aryl methyl sites for hydroxylation is 1. The number of aromatic nitrogens is 2. The van der Waals surface area contributed by atoms with Crippen LogP contribution >= 0.6 is 23.2 Å². The SMILES string of the molecule is Clc1ccc(-n2ccc(CCCN3CCCC3)n2)c(Cl)c1. The minimum atomic E-state index is 0.620. The lowest BCUT2D eigenvalue weighted by molar-refractivity contribution is 0.333. The molecule has 0 spiro atoms. The van der Waals surface area contributed by atoms with Crippen molar-refractivity contribution >= 4 is 23.2 Å². The second kappa shape index (κ2) is 6.82. The number of nitrogens with zero attached hydrogens (tertiary/aromatic N) is 3. The average molecular weight is 324 g/mol. The number of hydrogen-bond donors (Lipinski definition) is 0. The summed E-state index contributed by atoms with van der Waals surface area (Å²) in [4.78, 5) is 2.53. The standard InChI is InChI=1S/C16H19Cl2N3/c17-13-5-6-16(15(18)12-13)21-11-7-14(19-21)4-3-10-20-8-1-2-9-20/h5-7,11-12H,1-4,8-10H2. The van der Waals surface area contributed by atoms with Gasteiger partial charge in [0.2, 0.25) is 0 Å². The Bertz CT molecular complexity index is 603. The molecule has 2 heterocycles. The molecule has 3 rings (SSSR count). The fourth-order valence-electron chi connectivity index (χ4n) is 2.79. The van der Waals surface area contributed by atoms with Gasteiger partial charge in [-0.3, -0.25) is 0 Å². The smallest absolute Gasteiger partial charge is 0.0832 e. The van der Waals surface area contributed by atoms with Crippen LogP contribution in [-0.2, 0) is 6.42 Å². The first kappa shape index (κ1) is 14.9. The number of likely N-dealkylation sites (tertiary alicyclic amines) is 1. The molecule has 1 aromatic heterocycles. The maximum Gasteiger partial charge on any atom is 0.0832 e. The molecule has 0 unspecified atom stereocenters. The van der Waals surface area contributed by atoms with Gasteiger partial charge in [0.15, 0.2) is 0 Å². The van der Waals surface area contributed by atoms with Crippen LogP contribution in [0.3, 0.4) is 0 Å². The van der Waals surface area contributed by atoms with Crippen LogP contribution in [0.5, 0.6) is 0 Å². The summed E-state index contributed by atoms with van der Waals surface area (Å²) in [5.74, 6) is 0. The molecule has 0 saturated carbocycles. The second-order valence-corrected chi connectivity index (χ2v) is 6.34. The Labute approximate surface area is 135 Å². The molecule has 21 heavy (non-hydrogen) atoms. The van der Waals surface area contributed by atoms with Crippen LogP contribution in [0.15, 0.2) is 30.5 Å². The van der Waals surface area contributed by atoms with E-state index < -0.39 is 0 Å². The number of halogens is 2. The summed E-state index contributed by atoms with van der Waals surface area (Å²) in [6, 6.07) is 7.53. The van der Waals surface area contributed by atoms with Gasteiger partial charge >= 0.3 is 0 Å². The van der Waals surface area contributed by atoms with E-state index in [4.69, 9.17) is 23.2 Å². The van der Waals surface area contributed by atoms with Gasteiger partial charge in [-0.25, -0.2) is 4.68 Å². The molecule has 0 radical (unpaired) electrons. The fraction of sp³-hybridized carbons (Fsp3) is 0.438. The Morgan fingerprint density at radius 1 is 1.10 bits per heavy atom. The zero-order chi connectivity index (χ0) is 14.7. The second-order valence-electron chi connectivity index (χ2n) is 5.50. The van der Waals surface area contributed by atoms with E-state index in [0.29, 0.717) is 10.0 Å². The van der Waals surface area contributed by atoms with Gasteiger partial charge in [-0.15, -0.1) is 0 Å². The van der Waals surface area contributed by atoms with Crippen molar-refractivity contribution in [1.29, 1.82) is 0 Å². The molecule has 0 bridgehead atoms. The van der Waals surface area contributed by atoms with E-state index in [1.54, 1.807) is 6.07 Å². The lowest BCUT2D eigenvalue weighted by Crippen LogP contribution is -2.20. The molecular weight excluding hydrogens is 305 g/mol. The first-order valence-corrected chi connectivity index (χ1v) is 8.20. The molecule has 1 fully saturated rings. The zero-order valence-corrected chi connectivity index (χ0v) is 13.4. The Hall–Kier alpha value is -1.03. The summed E-state index contributed by atoms with van der Waals surface area (Å²) in [6.45, 7) is 3.69. The van der Waals surface area contributed by atoms with Gasteiger partial charge in [0.05, 0.1) is 16.4 Å². The molecule has 5 heteroatoms. The number of hydrogen-bond acceptors (Lipinski definition) is 2. The molecule has 0 amide bonds. The topological polar surface area (TPSA) is 21.1 Å². The minimum Gasteiger partial charge on any atom is -0.303 e. The zero-order valence-electron chi connectivity index (χ0n) is 11.9. The van der Waals surface area contributed by atoms with Gasteiger partial charge in [0.1, 0.15) is 0 Å². The number of rotatable bonds is 5. The molecular formula is C16H19Cl2N3. The molecule has 1 aromatic carbocycles. The van der Waals surface area contributed by atoms with E-state index in [-0.39, 0.29) is 0 Å². The van der Waals surface area contributed by atoms with E-state index >= 15 is 0 Å². The molecule has 3 nitrogen and oxygen atoms in total. The highest BCUT2D eigenvalue weighted by atomic mass is 35.5. The van der Waals surface area contributed by atoms with Crippen molar-refractivity contribution in [3.05, 3.63) is 46.2 Å². The monoisotopic (exact) mass is 323 g/mol. The summed E-state index contributed by atoms with van der Waals surface area (Å²) >= 11 is 12.1. The molecule has 1 aliphatic rings. The van der Waals surface area contributed by atoms with Gasteiger partial charge in [-0.2, -0.15) is 5.10 Å². The Kier molecular flexibility index (Phi) is 4.84. The van der Waals surface area contributed by atoms with Gasteiger partial charge in [-0.1, -0.05) is 23.2 Å². The van der Waals surface area contributed by atoms with Gasteiger partial charge in [0, 0.05) is 11.2 Å². The van der Waals surface area contributed by atoms with E-state index in [1.165, 1.54) is 32.5 Å². The maximum atomic E-state index is 6.21. The van der Waals surface area contributed by atoms with Gasteiger partial charge in [0.25, 0.3) is 0 Å². The van der Waals surface area contributed by atoms with Crippen LogP contribution in [0.25, 0.3) is 5.69 Å². The van der Waals surface area contributed by atoms with E-state index in [0.717, 1.165) is 24.2 Å². The first-order chi connectivity index (χ1) is 10.2. The molecule has 2 aromatic rings. The van der Waals surface area contributed by atoms with Gasteiger partial charge in [-0.05, 0) is 69.6 Å². The van der Waals surface area contributed by atoms with Gasteiger partial charge < -0.3 is 4.90 Å². The van der Waals surface area contributed by atoms with Crippen molar-refractivity contribution in [2.45, 2.75) is 25.7 Å². The highest BCUT2D eigenvalue weighted by Gasteiger charge is 2.11. The van der Waals surface area contributed by atoms with Crippen molar-refractivity contribution in [1.82, 2.24) is 14.7 Å². The Balaban J connectivity index is 1.60. The van der Waals surface area contributed by atoms with Crippen LogP contribution in [0.2, 0.25) is 10.0 Å². The van der Waals surface area contributed by atoms with E-state index in [2.05, 4.69) is 16.1 Å². The largest absolute Gasteiger partial charge is 0.303 e. The van der Waals surface area contributed by atoms with Crippen LogP contribution in [0, 0.1) is 0 Å². The summed E-state index contributed by atoms with van der Waals surface area (Å²) < 4.78 is 1.82. The third-order valence-corrected chi connectivity index (χ3v) is 4.44. The highest BCUT2D eigenvalue weighted by molar-refractivity contribution is 6.35. The summed E-state index contributed by atoms with van der Waals surface area (Å²) in [7, 11) is 0.